The van der Waals surface area contributed by atoms with E-state index >= 15 is 0 Å². The number of carbonyl (C=O) groups is 2. The first-order valence-corrected chi connectivity index (χ1v) is 11.9. The number of nitrogens with two attached hydrogens (primary N) is 1. The Morgan fingerprint density at radius 2 is 1.75 bits per heavy atom. The number of fused-ring (bicyclic) bond motifs is 1. The molecule has 1 aliphatic rings. The Kier molecular flexibility index (Phi) is 6.92. The molecule has 0 unspecified atom stereocenters. The van der Waals surface area contributed by atoms with Gasteiger partial charge in [-0.3, -0.25) is 19.2 Å². The molecule has 3 aromatic carbocycles. The van der Waals surface area contributed by atoms with E-state index in [-0.39, 0.29) is 11.8 Å². The van der Waals surface area contributed by atoms with Crippen LogP contribution in [0.1, 0.15) is 15.9 Å². The molecular formula is C27H28N6O3. The third-order valence-corrected chi connectivity index (χ3v) is 6.15. The zero-order valence-corrected chi connectivity index (χ0v) is 19.8. The number of amides is 2. The molecule has 0 saturated carbocycles. The Labute approximate surface area is 208 Å². The van der Waals surface area contributed by atoms with Gasteiger partial charge in [-0.05, 0) is 48.0 Å². The molecule has 9 nitrogen and oxygen atoms in total. The highest BCUT2D eigenvalue weighted by molar-refractivity contribution is 6.05. The fourth-order valence-electron chi connectivity index (χ4n) is 4.19. The minimum Gasteiger partial charge on any atom is -0.397 e. The number of hydrogen-bond acceptors (Lipinski definition) is 6. The van der Waals surface area contributed by atoms with Gasteiger partial charge in [0.2, 0.25) is 5.91 Å². The number of benzene rings is 3. The van der Waals surface area contributed by atoms with Crippen LogP contribution in [0, 0.1) is 0 Å². The number of para-hydroxylation sites is 2. The summed E-state index contributed by atoms with van der Waals surface area (Å²) in [6, 6.07) is 20.3. The lowest BCUT2D eigenvalue weighted by atomic mass is 10.1. The quantitative estimate of drug-likeness (QED) is 0.347. The number of nitrogens with zero attached hydrogens (tertiary/aromatic N) is 3. The van der Waals surface area contributed by atoms with Crippen molar-refractivity contribution in [3.63, 3.8) is 0 Å². The van der Waals surface area contributed by atoms with Crippen LogP contribution < -0.4 is 16.4 Å². The third-order valence-electron chi connectivity index (χ3n) is 6.15. The van der Waals surface area contributed by atoms with Crippen LogP contribution >= 0.6 is 0 Å². The summed E-state index contributed by atoms with van der Waals surface area (Å²) in [6.07, 6.45) is 1.79. The van der Waals surface area contributed by atoms with Crippen molar-refractivity contribution in [2.24, 2.45) is 0 Å². The third kappa shape index (κ3) is 5.54. The number of nitrogens with one attached hydrogen (secondary N) is 2. The summed E-state index contributed by atoms with van der Waals surface area (Å²) in [4.78, 5) is 27.1. The molecule has 1 aromatic heterocycles. The van der Waals surface area contributed by atoms with Crippen LogP contribution in [0.5, 0.6) is 0 Å². The lowest BCUT2D eigenvalue weighted by molar-refractivity contribution is -0.118. The Bertz CT molecular complexity index is 1380. The van der Waals surface area contributed by atoms with E-state index in [1.807, 2.05) is 47.1 Å². The van der Waals surface area contributed by atoms with Gasteiger partial charge in [0.1, 0.15) is 0 Å². The van der Waals surface area contributed by atoms with Gasteiger partial charge < -0.3 is 21.1 Å². The summed E-state index contributed by atoms with van der Waals surface area (Å²) in [7, 11) is 0. The summed E-state index contributed by atoms with van der Waals surface area (Å²) < 4.78 is 7.23. The summed E-state index contributed by atoms with van der Waals surface area (Å²) >= 11 is 0. The second kappa shape index (κ2) is 10.6. The van der Waals surface area contributed by atoms with Crippen LogP contribution in [0.25, 0.3) is 10.9 Å². The topological polar surface area (TPSA) is 115 Å². The van der Waals surface area contributed by atoms with E-state index in [2.05, 4.69) is 20.6 Å². The van der Waals surface area contributed by atoms with Crippen LogP contribution in [-0.4, -0.2) is 59.3 Å². The number of carbonyl (C=O) groups excluding carboxylic acids is 2. The number of ether oxygens (including phenoxy) is 1. The monoisotopic (exact) mass is 484 g/mol. The highest BCUT2D eigenvalue weighted by atomic mass is 16.5. The molecule has 0 atom stereocenters. The largest absolute Gasteiger partial charge is 0.397 e. The molecule has 5 rings (SSSR count). The molecule has 2 heterocycles. The molecule has 184 valence electrons. The molecule has 2 amide bonds. The van der Waals surface area contributed by atoms with E-state index in [1.165, 1.54) is 0 Å². The van der Waals surface area contributed by atoms with Crippen molar-refractivity contribution in [1.29, 1.82) is 0 Å². The van der Waals surface area contributed by atoms with E-state index in [9.17, 15) is 9.59 Å². The first-order chi connectivity index (χ1) is 17.5. The van der Waals surface area contributed by atoms with E-state index in [1.54, 1.807) is 30.5 Å². The SMILES string of the molecule is Nc1ccccc1NC(=O)c1ccc(Cn2ncc3cc(NC(=O)CN4CCOCC4)ccc32)cc1. The van der Waals surface area contributed by atoms with Crippen molar-refractivity contribution in [1.82, 2.24) is 14.7 Å². The van der Waals surface area contributed by atoms with Gasteiger partial charge >= 0.3 is 0 Å². The van der Waals surface area contributed by atoms with Crippen LogP contribution in [0.3, 0.4) is 0 Å². The Morgan fingerprint density at radius 1 is 0.972 bits per heavy atom. The van der Waals surface area contributed by atoms with Gasteiger partial charge in [-0.15, -0.1) is 0 Å². The van der Waals surface area contributed by atoms with Crippen LogP contribution in [0.4, 0.5) is 17.1 Å². The predicted octanol–water partition coefficient (Wildman–Crippen LogP) is 3.19. The first kappa shape index (κ1) is 23.5. The Morgan fingerprint density at radius 3 is 2.53 bits per heavy atom. The highest BCUT2D eigenvalue weighted by Crippen LogP contribution is 2.21. The molecule has 0 spiro atoms. The van der Waals surface area contributed by atoms with Gasteiger partial charge in [0, 0.05) is 29.7 Å². The predicted molar refractivity (Wildman–Crippen MR) is 140 cm³/mol. The average Bonchev–Trinajstić information content (AvgIpc) is 3.28. The number of rotatable bonds is 7. The van der Waals surface area contributed by atoms with Crippen molar-refractivity contribution >= 4 is 39.8 Å². The Balaban J connectivity index is 1.21. The van der Waals surface area contributed by atoms with E-state index in [0.29, 0.717) is 43.2 Å². The maximum absolute atomic E-state index is 12.6. The van der Waals surface area contributed by atoms with Gasteiger partial charge in [0.25, 0.3) is 5.91 Å². The second-order valence-electron chi connectivity index (χ2n) is 8.75. The van der Waals surface area contributed by atoms with Gasteiger partial charge in [-0.25, -0.2) is 0 Å². The molecule has 0 bridgehead atoms. The van der Waals surface area contributed by atoms with Crippen molar-refractivity contribution in [3.8, 4) is 0 Å². The molecule has 1 aliphatic heterocycles. The van der Waals surface area contributed by atoms with Gasteiger partial charge in [-0.2, -0.15) is 5.10 Å². The molecule has 0 radical (unpaired) electrons. The van der Waals surface area contributed by atoms with E-state index < -0.39 is 0 Å². The smallest absolute Gasteiger partial charge is 0.255 e. The van der Waals surface area contributed by atoms with Crippen molar-refractivity contribution in [2.75, 3.05) is 49.2 Å². The van der Waals surface area contributed by atoms with Crippen molar-refractivity contribution in [3.05, 3.63) is 84.1 Å². The molecule has 36 heavy (non-hydrogen) atoms. The fourth-order valence-corrected chi connectivity index (χ4v) is 4.19. The van der Waals surface area contributed by atoms with Crippen molar-refractivity contribution < 1.29 is 14.3 Å². The molecule has 9 heteroatoms. The standard InChI is InChI=1S/C27H28N6O3/c28-23-3-1-2-4-24(23)31-27(35)20-7-5-19(6-8-20)17-33-25-10-9-22(15-21(25)16-29-33)30-26(34)18-32-11-13-36-14-12-32/h1-10,15-16H,11-14,17-18,28H2,(H,30,34)(H,31,35). The van der Waals surface area contributed by atoms with E-state index in [0.717, 1.165) is 35.2 Å². The normalized spacial score (nSPS) is 14.0. The summed E-state index contributed by atoms with van der Waals surface area (Å²) in [5.74, 6) is -0.255. The molecule has 1 fully saturated rings. The number of anilines is 3. The van der Waals surface area contributed by atoms with Crippen LogP contribution in [0.2, 0.25) is 0 Å². The molecule has 1 saturated heterocycles. The zero-order chi connectivity index (χ0) is 24.9. The Hall–Kier alpha value is -4.21. The average molecular weight is 485 g/mol. The number of morpholine rings is 1. The molecular weight excluding hydrogens is 456 g/mol. The second-order valence-corrected chi connectivity index (χ2v) is 8.75. The minimum absolute atomic E-state index is 0.0391. The summed E-state index contributed by atoms with van der Waals surface area (Å²) in [6.45, 7) is 3.78. The fraction of sp³-hybridized carbons (Fsp3) is 0.222. The van der Waals surface area contributed by atoms with Gasteiger partial charge in [0.15, 0.2) is 0 Å². The lowest BCUT2D eigenvalue weighted by Crippen LogP contribution is -2.41. The minimum atomic E-state index is -0.216. The summed E-state index contributed by atoms with van der Waals surface area (Å²) in [5, 5.41) is 11.3. The maximum Gasteiger partial charge on any atom is 0.255 e. The van der Waals surface area contributed by atoms with Crippen LogP contribution in [-0.2, 0) is 16.1 Å². The summed E-state index contributed by atoms with van der Waals surface area (Å²) in [5.41, 5.74) is 10.3. The number of hydrogen-bond donors (Lipinski definition) is 3. The first-order valence-electron chi connectivity index (χ1n) is 11.9. The van der Waals surface area contributed by atoms with E-state index in [4.69, 9.17) is 10.5 Å². The number of aromatic nitrogens is 2. The zero-order valence-electron chi connectivity index (χ0n) is 19.8. The van der Waals surface area contributed by atoms with Crippen LogP contribution in [0.15, 0.2) is 72.9 Å². The van der Waals surface area contributed by atoms with Gasteiger partial charge in [0.05, 0.1) is 49.4 Å². The highest BCUT2D eigenvalue weighted by Gasteiger charge is 2.15. The lowest BCUT2D eigenvalue weighted by Gasteiger charge is -2.25. The maximum atomic E-state index is 12.6. The molecule has 0 aliphatic carbocycles. The molecule has 4 N–H and O–H groups in total. The van der Waals surface area contributed by atoms with Crippen molar-refractivity contribution in [2.45, 2.75) is 6.54 Å². The number of nitrogen functional groups attached to an aromatic ring is 1. The molecule has 4 aromatic rings. The van der Waals surface area contributed by atoms with Gasteiger partial charge in [-0.1, -0.05) is 24.3 Å².